The molecule has 0 aromatic heterocycles. The molecule has 1 aromatic rings. The highest BCUT2D eigenvalue weighted by Crippen LogP contribution is 2.29. The molecule has 0 bridgehead atoms. The Morgan fingerprint density at radius 1 is 1.39 bits per heavy atom. The first kappa shape index (κ1) is 13.8. The Balaban J connectivity index is 3.35. The molecular weight excluding hydrogens is 251 g/mol. The van der Waals surface area contributed by atoms with Crippen LogP contribution in [0.5, 0.6) is 5.75 Å². The molecule has 0 amide bonds. The van der Waals surface area contributed by atoms with Gasteiger partial charge in [0, 0.05) is 0 Å². The predicted octanol–water partition coefficient (Wildman–Crippen LogP) is 2.55. The zero-order chi connectivity index (χ0) is 13.9. The number of carbonyl (C=O) groups is 1. The Kier molecular flexibility index (Phi) is 3.81. The number of nitrogens with zero attached hydrogens (tertiary/aromatic N) is 1. The summed E-state index contributed by atoms with van der Waals surface area (Å²) in [5, 5.41) is 8.76. The van der Waals surface area contributed by atoms with Crippen molar-refractivity contribution in [1.82, 2.24) is 0 Å². The van der Waals surface area contributed by atoms with Crippen molar-refractivity contribution in [1.29, 1.82) is 5.26 Å². The quantitative estimate of drug-likeness (QED) is 0.766. The number of rotatable bonds is 2. The van der Waals surface area contributed by atoms with E-state index >= 15 is 0 Å². The van der Waals surface area contributed by atoms with E-state index in [1.165, 1.54) is 6.92 Å². The van der Waals surface area contributed by atoms with E-state index in [0.717, 1.165) is 19.2 Å². The Morgan fingerprint density at radius 3 is 2.44 bits per heavy atom. The first-order valence-corrected chi connectivity index (χ1v) is 4.67. The maximum atomic E-state index is 12.2. The summed E-state index contributed by atoms with van der Waals surface area (Å²) < 4.78 is 44.6. The summed E-state index contributed by atoms with van der Waals surface area (Å²) in [6.07, 6.45) is -4.93. The summed E-state index contributed by atoms with van der Waals surface area (Å²) >= 11 is 0. The summed E-state index contributed by atoms with van der Waals surface area (Å²) in [6.45, 7) is 1.43. The van der Waals surface area contributed by atoms with Gasteiger partial charge in [0.15, 0.2) is 0 Å². The van der Waals surface area contributed by atoms with Gasteiger partial charge in [-0.1, -0.05) is 0 Å². The van der Waals surface area contributed by atoms with Crippen LogP contribution in [0.2, 0.25) is 0 Å². The fourth-order valence-corrected chi connectivity index (χ4v) is 1.28. The monoisotopic (exact) mass is 259 g/mol. The van der Waals surface area contributed by atoms with E-state index in [0.29, 0.717) is 0 Å². The fourth-order valence-electron chi connectivity index (χ4n) is 1.28. The molecule has 1 rings (SSSR count). The normalized spacial score (nSPS) is 10.7. The Hall–Kier alpha value is -2.23. The molecule has 0 aliphatic rings. The van der Waals surface area contributed by atoms with E-state index in [2.05, 4.69) is 9.47 Å². The van der Waals surface area contributed by atoms with Crippen LogP contribution in [-0.4, -0.2) is 19.4 Å². The van der Waals surface area contributed by atoms with Gasteiger partial charge in [-0.3, -0.25) is 0 Å². The largest absolute Gasteiger partial charge is 0.573 e. The van der Waals surface area contributed by atoms with Crippen molar-refractivity contribution in [2.24, 2.45) is 0 Å². The third-order valence-corrected chi connectivity index (χ3v) is 2.08. The third kappa shape index (κ3) is 3.13. The predicted molar refractivity (Wildman–Crippen MR) is 53.9 cm³/mol. The molecular formula is C11H8F3NO3. The van der Waals surface area contributed by atoms with Gasteiger partial charge >= 0.3 is 12.3 Å². The van der Waals surface area contributed by atoms with E-state index in [4.69, 9.17) is 5.26 Å². The van der Waals surface area contributed by atoms with E-state index in [9.17, 15) is 18.0 Å². The van der Waals surface area contributed by atoms with E-state index in [1.807, 2.05) is 0 Å². The highest BCUT2D eigenvalue weighted by molar-refractivity contribution is 5.93. The second-order valence-electron chi connectivity index (χ2n) is 3.31. The number of ether oxygens (including phenoxy) is 2. The zero-order valence-electron chi connectivity index (χ0n) is 9.46. The van der Waals surface area contributed by atoms with Gasteiger partial charge in [-0.05, 0) is 24.6 Å². The minimum Gasteiger partial charge on any atom is -0.465 e. The van der Waals surface area contributed by atoms with Crippen LogP contribution in [0.25, 0.3) is 0 Å². The van der Waals surface area contributed by atoms with Crippen LogP contribution in [0, 0.1) is 18.3 Å². The Morgan fingerprint density at radius 2 is 2.00 bits per heavy atom. The number of benzene rings is 1. The molecule has 0 radical (unpaired) electrons. The van der Waals surface area contributed by atoms with Gasteiger partial charge in [0.25, 0.3) is 0 Å². The molecule has 0 heterocycles. The van der Waals surface area contributed by atoms with Crippen molar-refractivity contribution in [3.8, 4) is 11.8 Å². The SMILES string of the molecule is COC(=O)c1cc(C#N)c(C)cc1OC(F)(F)F. The van der Waals surface area contributed by atoms with Crippen LogP contribution in [0.3, 0.4) is 0 Å². The fraction of sp³-hybridized carbons (Fsp3) is 0.273. The molecule has 96 valence electrons. The number of hydrogen-bond acceptors (Lipinski definition) is 4. The molecule has 0 aliphatic heterocycles. The molecule has 0 spiro atoms. The number of aryl methyl sites for hydroxylation is 1. The first-order valence-electron chi connectivity index (χ1n) is 4.67. The molecule has 18 heavy (non-hydrogen) atoms. The lowest BCUT2D eigenvalue weighted by atomic mass is 10.0. The lowest BCUT2D eigenvalue weighted by Gasteiger charge is -2.13. The number of alkyl halides is 3. The molecule has 0 aliphatic carbocycles. The molecule has 0 atom stereocenters. The van der Waals surface area contributed by atoms with E-state index in [1.54, 1.807) is 6.07 Å². The molecule has 7 heteroatoms. The van der Waals surface area contributed by atoms with Gasteiger partial charge in [0.05, 0.1) is 18.7 Å². The molecule has 1 aromatic carbocycles. The minimum absolute atomic E-state index is 0.0740. The van der Waals surface area contributed by atoms with Gasteiger partial charge in [-0.2, -0.15) is 5.26 Å². The second-order valence-corrected chi connectivity index (χ2v) is 3.31. The van der Waals surface area contributed by atoms with Crippen molar-refractivity contribution in [2.45, 2.75) is 13.3 Å². The molecule has 0 unspecified atom stereocenters. The average molecular weight is 259 g/mol. The van der Waals surface area contributed by atoms with Gasteiger partial charge < -0.3 is 9.47 Å². The Labute approximate surface area is 101 Å². The van der Waals surface area contributed by atoms with Crippen LogP contribution in [0.1, 0.15) is 21.5 Å². The zero-order valence-corrected chi connectivity index (χ0v) is 9.46. The topological polar surface area (TPSA) is 59.3 Å². The summed E-state index contributed by atoms with van der Waals surface area (Å²) in [4.78, 5) is 11.3. The van der Waals surface area contributed by atoms with Crippen LogP contribution in [0.4, 0.5) is 13.2 Å². The van der Waals surface area contributed by atoms with Crippen molar-refractivity contribution in [2.75, 3.05) is 7.11 Å². The molecule has 0 saturated carbocycles. The number of esters is 1. The third-order valence-electron chi connectivity index (χ3n) is 2.08. The van der Waals surface area contributed by atoms with Gasteiger partial charge in [-0.25, -0.2) is 4.79 Å². The minimum atomic E-state index is -4.93. The number of halogens is 3. The van der Waals surface area contributed by atoms with Crippen molar-refractivity contribution in [3.05, 3.63) is 28.8 Å². The maximum Gasteiger partial charge on any atom is 0.573 e. The summed E-state index contributed by atoms with van der Waals surface area (Å²) in [5.41, 5.74) is -0.105. The summed E-state index contributed by atoms with van der Waals surface area (Å²) in [7, 11) is 1.02. The second kappa shape index (κ2) is 4.96. The van der Waals surface area contributed by atoms with Crippen LogP contribution < -0.4 is 4.74 Å². The van der Waals surface area contributed by atoms with Gasteiger partial charge in [0.2, 0.25) is 0 Å². The van der Waals surface area contributed by atoms with Crippen molar-refractivity contribution in [3.63, 3.8) is 0 Å². The number of nitriles is 1. The maximum absolute atomic E-state index is 12.2. The molecule has 0 fully saturated rings. The lowest BCUT2D eigenvalue weighted by molar-refractivity contribution is -0.274. The standard InChI is InChI=1S/C11H8F3NO3/c1-6-3-9(18-11(12,13)14)8(10(16)17-2)4-7(6)5-15/h3-4H,1-2H3. The Bertz CT molecular complexity index is 517. The van der Waals surface area contributed by atoms with Crippen LogP contribution in [0.15, 0.2) is 12.1 Å². The van der Waals surface area contributed by atoms with E-state index < -0.39 is 23.6 Å². The molecule has 4 nitrogen and oxygen atoms in total. The summed E-state index contributed by atoms with van der Waals surface area (Å²) in [5.74, 6) is -1.70. The number of carbonyl (C=O) groups excluding carboxylic acids is 1. The first-order chi connectivity index (χ1) is 8.28. The number of hydrogen-bond donors (Lipinski definition) is 0. The number of methoxy groups -OCH3 is 1. The van der Waals surface area contributed by atoms with Crippen molar-refractivity contribution < 1.29 is 27.4 Å². The molecule has 0 saturated heterocycles. The van der Waals surface area contributed by atoms with Crippen LogP contribution >= 0.6 is 0 Å². The van der Waals surface area contributed by atoms with Gasteiger partial charge in [-0.15, -0.1) is 13.2 Å². The molecule has 0 N–H and O–H groups in total. The smallest absolute Gasteiger partial charge is 0.465 e. The lowest BCUT2D eigenvalue weighted by Crippen LogP contribution is -2.19. The highest BCUT2D eigenvalue weighted by atomic mass is 19.4. The van der Waals surface area contributed by atoms with E-state index in [-0.39, 0.29) is 11.1 Å². The van der Waals surface area contributed by atoms with Gasteiger partial charge in [0.1, 0.15) is 11.3 Å². The van der Waals surface area contributed by atoms with Crippen molar-refractivity contribution >= 4 is 5.97 Å². The average Bonchev–Trinajstić information content (AvgIpc) is 2.26. The summed E-state index contributed by atoms with van der Waals surface area (Å²) in [6, 6.07) is 3.73. The highest BCUT2D eigenvalue weighted by Gasteiger charge is 2.33. The van der Waals surface area contributed by atoms with Crippen LogP contribution in [-0.2, 0) is 4.74 Å².